The van der Waals surface area contributed by atoms with E-state index in [4.69, 9.17) is 14.2 Å². The molecule has 0 bridgehead atoms. The van der Waals surface area contributed by atoms with Crippen molar-refractivity contribution in [3.8, 4) is 0 Å². The molecule has 0 aromatic carbocycles. The highest BCUT2D eigenvalue weighted by molar-refractivity contribution is 5.76. The fourth-order valence-corrected chi connectivity index (χ4v) is 10.5. The number of carbonyl (C=O) groups excluding carboxylic acids is 2. The molecule has 7 atom stereocenters. The Morgan fingerprint density at radius 3 is 1.26 bits per heavy atom. The summed E-state index contributed by atoms with van der Waals surface area (Å²) < 4.78 is 16.7. The zero-order chi connectivity index (χ0) is 55.9. The van der Waals surface area contributed by atoms with Crippen molar-refractivity contribution < 1.29 is 49.3 Å². The van der Waals surface area contributed by atoms with Crippen molar-refractivity contribution in [3.05, 3.63) is 24.3 Å². The molecule has 0 aliphatic carbocycles. The van der Waals surface area contributed by atoms with Gasteiger partial charge in [-0.05, 0) is 57.8 Å². The topological polar surface area (TPSA) is 175 Å². The largest absolute Gasteiger partial charge is 0.466 e. The van der Waals surface area contributed by atoms with Gasteiger partial charge in [-0.2, -0.15) is 0 Å². The molecule has 0 radical (unpaired) electrons. The molecular formula is C66H125NO10. The first kappa shape index (κ1) is 73.2. The third-order valence-corrected chi connectivity index (χ3v) is 15.8. The summed E-state index contributed by atoms with van der Waals surface area (Å²) >= 11 is 0. The van der Waals surface area contributed by atoms with Gasteiger partial charge in [0.25, 0.3) is 0 Å². The van der Waals surface area contributed by atoms with Gasteiger partial charge in [0.15, 0.2) is 6.29 Å². The van der Waals surface area contributed by atoms with Crippen molar-refractivity contribution >= 4 is 11.9 Å². The van der Waals surface area contributed by atoms with Crippen molar-refractivity contribution in [3.63, 3.8) is 0 Å². The van der Waals surface area contributed by atoms with Gasteiger partial charge in [0.05, 0.1) is 32.0 Å². The quantitative estimate of drug-likeness (QED) is 0.0195. The molecule has 1 aliphatic rings. The van der Waals surface area contributed by atoms with Gasteiger partial charge >= 0.3 is 5.97 Å². The number of unbranched alkanes of at least 4 members (excludes halogenated alkanes) is 42. The molecule has 1 fully saturated rings. The Balaban J connectivity index is 1.93. The molecule has 1 amide bonds. The van der Waals surface area contributed by atoms with E-state index < -0.39 is 49.5 Å². The highest BCUT2D eigenvalue weighted by atomic mass is 16.7. The Kier molecular flexibility index (Phi) is 53.2. The monoisotopic (exact) mass is 1090 g/mol. The first-order chi connectivity index (χ1) is 37.7. The van der Waals surface area contributed by atoms with Crippen molar-refractivity contribution in [2.24, 2.45) is 0 Å². The second-order valence-electron chi connectivity index (χ2n) is 23.2. The van der Waals surface area contributed by atoms with Crippen molar-refractivity contribution in [2.45, 2.75) is 365 Å². The number of hydrogen-bond acceptors (Lipinski definition) is 10. The van der Waals surface area contributed by atoms with Crippen molar-refractivity contribution in [1.29, 1.82) is 0 Å². The minimum absolute atomic E-state index is 0.000562. The predicted molar refractivity (Wildman–Crippen MR) is 320 cm³/mol. The van der Waals surface area contributed by atoms with Crippen LogP contribution in [0, 0.1) is 0 Å². The molecule has 1 saturated heterocycles. The van der Waals surface area contributed by atoms with Crippen LogP contribution in [0.2, 0.25) is 0 Å². The molecule has 0 spiro atoms. The molecule has 7 unspecified atom stereocenters. The van der Waals surface area contributed by atoms with Gasteiger partial charge in [0.1, 0.15) is 24.4 Å². The minimum atomic E-state index is -1.57. The zero-order valence-corrected chi connectivity index (χ0v) is 50.2. The van der Waals surface area contributed by atoms with E-state index in [9.17, 15) is 35.1 Å². The average Bonchev–Trinajstić information content (AvgIpc) is 3.43. The lowest BCUT2D eigenvalue weighted by Crippen LogP contribution is -2.60. The number of aliphatic hydroxyl groups excluding tert-OH is 5. The molecule has 1 rings (SSSR count). The summed E-state index contributed by atoms with van der Waals surface area (Å²) in [5.74, 6) is -0.181. The Hall–Kier alpha value is -1.86. The molecule has 1 heterocycles. The molecule has 6 N–H and O–H groups in total. The van der Waals surface area contributed by atoms with Crippen LogP contribution >= 0.6 is 0 Å². The van der Waals surface area contributed by atoms with Crippen molar-refractivity contribution in [1.82, 2.24) is 5.32 Å². The summed E-state index contributed by atoms with van der Waals surface area (Å²) in [4.78, 5) is 25.0. The lowest BCUT2D eigenvalue weighted by atomic mass is 9.99. The highest BCUT2D eigenvalue weighted by Crippen LogP contribution is 2.23. The number of esters is 1. The predicted octanol–water partition coefficient (Wildman–Crippen LogP) is 16.1. The third kappa shape index (κ3) is 45.4. The number of rotatable bonds is 58. The van der Waals surface area contributed by atoms with Gasteiger partial charge in [-0.3, -0.25) is 9.59 Å². The number of amides is 1. The SMILES string of the molecule is CCCCCC/C=C\CCCCCCCC(=O)OCCCCCCCCCCCCCCCCCCCCCCCCCCCCCC(=O)NC(COC1OC(CO)C(O)C(O)C1O)C(O)/C=C/CCCCCCCCC. The average molecular weight is 1090 g/mol. The first-order valence-corrected chi connectivity index (χ1v) is 33.1. The molecule has 11 nitrogen and oxygen atoms in total. The van der Waals surface area contributed by atoms with Crippen molar-refractivity contribution in [2.75, 3.05) is 19.8 Å². The van der Waals surface area contributed by atoms with Gasteiger partial charge in [-0.1, -0.05) is 276 Å². The Labute approximate surface area is 473 Å². The lowest BCUT2D eigenvalue weighted by molar-refractivity contribution is -0.302. The van der Waals surface area contributed by atoms with Gasteiger partial charge < -0.3 is 45.1 Å². The van der Waals surface area contributed by atoms with Gasteiger partial charge in [0.2, 0.25) is 5.91 Å². The Morgan fingerprint density at radius 1 is 0.468 bits per heavy atom. The van der Waals surface area contributed by atoms with Crippen LogP contribution in [0.4, 0.5) is 0 Å². The molecular weight excluding hydrogens is 967 g/mol. The summed E-state index contributed by atoms with van der Waals surface area (Å²) in [5, 5.41) is 54.3. The van der Waals surface area contributed by atoms with Crippen LogP contribution < -0.4 is 5.32 Å². The Bertz CT molecular complexity index is 1330. The van der Waals surface area contributed by atoms with E-state index in [1.165, 1.54) is 238 Å². The van der Waals surface area contributed by atoms with Crippen LogP contribution in [0.3, 0.4) is 0 Å². The maximum atomic E-state index is 13.0. The molecule has 77 heavy (non-hydrogen) atoms. The summed E-state index contributed by atoms with van der Waals surface area (Å²) in [6, 6.07) is -0.806. The van der Waals surface area contributed by atoms with E-state index in [1.54, 1.807) is 6.08 Å². The van der Waals surface area contributed by atoms with Crippen LogP contribution in [0.25, 0.3) is 0 Å². The van der Waals surface area contributed by atoms with Crippen LogP contribution in [0.1, 0.15) is 322 Å². The highest BCUT2D eigenvalue weighted by Gasteiger charge is 2.44. The maximum Gasteiger partial charge on any atom is 0.305 e. The molecule has 454 valence electrons. The van der Waals surface area contributed by atoms with Crippen LogP contribution in [-0.4, -0.2) is 100 Å². The van der Waals surface area contributed by atoms with E-state index in [1.807, 2.05) is 6.08 Å². The molecule has 0 aromatic heterocycles. The summed E-state index contributed by atoms with van der Waals surface area (Å²) in [7, 11) is 0. The smallest absolute Gasteiger partial charge is 0.305 e. The first-order valence-electron chi connectivity index (χ1n) is 33.1. The van der Waals surface area contributed by atoms with E-state index in [-0.39, 0.29) is 18.5 Å². The molecule has 0 saturated carbocycles. The van der Waals surface area contributed by atoms with Gasteiger partial charge in [-0.25, -0.2) is 0 Å². The zero-order valence-electron chi connectivity index (χ0n) is 50.2. The molecule has 1 aliphatic heterocycles. The number of ether oxygens (including phenoxy) is 3. The molecule has 11 heteroatoms. The third-order valence-electron chi connectivity index (χ3n) is 15.8. The van der Waals surface area contributed by atoms with Gasteiger partial charge in [-0.15, -0.1) is 0 Å². The summed E-state index contributed by atoms with van der Waals surface area (Å²) in [6.07, 6.45) is 58.8. The second-order valence-corrected chi connectivity index (χ2v) is 23.2. The van der Waals surface area contributed by atoms with E-state index in [0.29, 0.717) is 19.4 Å². The fraction of sp³-hybridized carbons (Fsp3) is 0.909. The van der Waals surface area contributed by atoms with Gasteiger partial charge in [0, 0.05) is 12.8 Å². The number of allylic oxidation sites excluding steroid dienone is 3. The van der Waals surface area contributed by atoms with E-state index in [0.717, 1.165) is 57.8 Å². The lowest BCUT2D eigenvalue weighted by Gasteiger charge is -2.40. The van der Waals surface area contributed by atoms with E-state index in [2.05, 4.69) is 31.3 Å². The van der Waals surface area contributed by atoms with Crippen LogP contribution in [-0.2, 0) is 23.8 Å². The summed E-state index contributed by atoms with van der Waals surface area (Å²) in [5.41, 5.74) is 0. The number of hydrogen-bond donors (Lipinski definition) is 6. The number of nitrogens with one attached hydrogen (secondary N) is 1. The van der Waals surface area contributed by atoms with Crippen LogP contribution in [0.15, 0.2) is 24.3 Å². The Morgan fingerprint density at radius 2 is 0.831 bits per heavy atom. The maximum absolute atomic E-state index is 13.0. The number of aliphatic hydroxyl groups is 5. The number of carbonyl (C=O) groups is 2. The normalized spacial score (nSPS) is 18.7. The van der Waals surface area contributed by atoms with E-state index >= 15 is 0 Å². The fourth-order valence-electron chi connectivity index (χ4n) is 10.5. The summed E-state index contributed by atoms with van der Waals surface area (Å²) in [6.45, 7) is 4.32. The molecule has 0 aromatic rings. The van der Waals surface area contributed by atoms with Crippen LogP contribution in [0.5, 0.6) is 0 Å². The minimum Gasteiger partial charge on any atom is -0.466 e. The standard InChI is InChI=1S/C66H125NO10/c1-3-5-7-9-11-13-14-30-34-38-42-46-50-54-62(71)75-55-51-47-43-39-35-32-29-27-25-23-21-19-17-15-16-18-20-22-24-26-28-31-33-37-41-45-49-53-61(70)67-58(59(69)52-48-44-40-36-12-10-8-6-4-2)57-76-66-65(74)64(73)63(72)60(56-68)77-66/h13-14,48,52,58-60,63-66,68-69,72-74H,3-12,15-47,49-51,53-57H2,1-2H3,(H,67,70)/b14-13-,52-48+. The second kappa shape index (κ2) is 56.0.